The molecule has 0 aromatic carbocycles. The average molecular weight is 224 g/mol. The van der Waals surface area contributed by atoms with Gasteiger partial charge in [0.05, 0.1) is 5.56 Å². The molecule has 6 heteroatoms. The van der Waals surface area contributed by atoms with Crippen molar-refractivity contribution in [3.8, 4) is 0 Å². The molecule has 6 nitrogen and oxygen atoms in total. The number of hydrogen-bond donors (Lipinski definition) is 3. The van der Waals surface area contributed by atoms with Crippen molar-refractivity contribution in [2.75, 3.05) is 0 Å². The molecule has 0 unspecified atom stereocenters. The van der Waals surface area contributed by atoms with Gasteiger partial charge in [0, 0.05) is 25.3 Å². The van der Waals surface area contributed by atoms with Crippen molar-refractivity contribution in [1.29, 1.82) is 0 Å². The van der Waals surface area contributed by atoms with Crippen LogP contribution in [0.3, 0.4) is 0 Å². The second-order valence-corrected chi connectivity index (χ2v) is 4.15. The summed E-state index contributed by atoms with van der Waals surface area (Å²) in [5, 5.41) is 0. The van der Waals surface area contributed by atoms with Crippen LogP contribution in [0.25, 0.3) is 0 Å². The van der Waals surface area contributed by atoms with E-state index in [0.717, 1.165) is 12.8 Å². The molecule has 1 saturated carbocycles. The predicted octanol–water partition coefficient (Wildman–Crippen LogP) is -1.14. The Morgan fingerprint density at radius 2 is 1.94 bits per heavy atom. The smallest absolute Gasteiger partial charge is 0.326 e. The van der Waals surface area contributed by atoms with Gasteiger partial charge in [0.1, 0.15) is 0 Å². The van der Waals surface area contributed by atoms with E-state index in [9.17, 15) is 9.59 Å². The van der Waals surface area contributed by atoms with Gasteiger partial charge in [0.25, 0.3) is 5.56 Å². The molecule has 1 heterocycles. The van der Waals surface area contributed by atoms with E-state index in [1.807, 2.05) is 0 Å². The summed E-state index contributed by atoms with van der Waals surface area (Å²) in [7, 11) is 0. The molecule has 5 N–H and O–H groups in total. The molecule has 0 bridgehead atoms. The zero-order valence-electron chi connectivity index (χ0n) is 9.03. The van der Waals surface area contributed by atoms with Gasteiger partial charge in [-0.2, -0.15) is 0 Å². The maximum Gasteiger partial charge on any atom is 0.328 e. The third-order valence-corrected chi connectivity index (χ3v) is 2.92. The van der Waals surface area contributed by atoms with Crippen molar-refractivity contribution in [3.63, 3.8) is 0 Å². The van der Waals surface area contributed by atoms with E-state index in [-0.39, 0.29) is 24.3 Å². The number of nitrogens with zero attached hydrogens (tertiary/aromatic N) is 1. The molecule has 88 valence electrons. The molecule has 16 heavy (non-hydrogen) atoms. The summed E-state index contributed by atoms with van der Waals surface area (Å²) in [6.45, 7) is 0.722. The first kappa shape index (κ1) is 11.1. The van der Waals surface area contributed by atoms with E-state index in [4.69, 9.17) is 11.5 Å². The van der Waals surface area contributed by atoms with Crippen molar-refractivity contribution in [2.24, 2.45) is 17.4 Å². The first-order valence-corrected chi connectivity index (χ1v) is 5.42. The van der Waals surface area contributed by atoms with Crippen LogP contribution in [0.1, 0.15) is 24.1 Å². The van der Waals surface area contributed by atoms with Gasteiger partial charge in [-0.15, -0.1) is 0 Å². The third-order valence-electron chi connectivity index (χ3n) is 2.92. The number of hydrogen-bond acceptors (Lipinski definition) is 4. The SMILES string of the molecule is NCc1[nH]c(=O)n(CC2CC2)c(=O)c1CN. The van der Waals surface area contributed by atoms with Gasteiger partial charge < -0.3 is 16.5 Å². The molecule has 1 aromatic heterocycles. The lowest BCUT2D eigenvalue weighted by atomic mass is 10.2. The molecular formula is C10H16N4O2. The Labute approximate surface area is 92.3 Å². The Morgan fingerprint density at radius 1 is 1.25 bits per heavy atom. The molecule has 0 amide bonds. The lowest BCUT2D eigenvalue weighted by molar-refractivity contribution is 0.563. The quantitative estimate of drug-likeness (QED) is 0.601. The van der Waals surface area contributed by atoms with Crippen LogP contribution in [0.15, 0.2) is 9.59 Å². The highest BCUT2D eigenvalue weighted by Gasteiger charge is 2.24. The number of aromatic amines is 1. The summed E-state index contributed by atoms with van der Waals surface area (Å²) < 4.78 is 1.24. The van der Waals surface area contributed by atoms with E-state index in [2.05, 4.69) is 4.98 Å². The van der Waals surface area contributed by atoms with Gasteiger partial charge in [-0.3, -0.25) is 9.36 Å². The summed E-state index contributed by atoms with van der Waals surface area (Å²) in [6.07, 6.45) is 2.17. The van der Waals surface area contributed by atoms with Crippen LogP contribution in [0, 0.1) is 5.92 Å². The Kier molecular flexibility index (Phi) is 2.93. The lowest BCUT2D eigenvalue weighted by Crippen LogP contribution is -2.40. The standard InChI is InChI=1S/C10H16N4O2/c11-3-7-8(4-12)13-10(16)14(9(7)15)5-6-1-2-6/h6H,1-5,11-12H2,(H,13,16). The predicted molar refractivity (Wildman–Crippen MR) is 59.8 cm³/mol. The summed E-state index contributed by atoms with van der Waals surface area (Å²) in [4.78, 5) is 26.3. The second kappa shape index (κ2) is 4.23. The van der Waals surface area contributed by atoms with Gasteiger partial charge >= 0.3 is 5.69 Å². The third kappa shape index (κ3) is 1.94. The number of nitrogens with one attached hydrogen (secondary N) is 1. The Morgan fingerprint density at radius 3 is 2.44 bits per heavy atom. The first-order chi connectivity index (χ1) is 7.67. The van der Waals surface area contributed by atoms with Gasteiger partial charge in [0.15, 0.2) is 0 Å². The minimum Gasteiger partial charge on any atom is -0.326 e. The van der Waals surface area contributed by atoms with Crippen molar-refractivity contribution < 1.29 is 0 Å². The molecule has 1 aromatic rings. The van der Waals surface area contributed by atoms with Crippen LogP contribution in [0.2, 0.25) is 0 Å². The van der Waals surface area contributed by atoms with Gasteiger partial charge in [0.2, 0.25) is 0 Å². The Balaban J connectivity index is 2.51. The number of H-pyrrole nitrogens is 1. The number of rotatable bonds is 4. The minimum absolute atomic E-state index is 0.104. The lowest BCUT2D eigenvalue weighted by Gasteiger charge is -2.09. The number of nitrogens with two attached hydrogens (primary N) is 2. The summed E-state index contributed by atoms with van der Waals surface area (Å²) in [6, 6.07) is 0. The summed E-state index contributed by atoms with van der Waals surface area (Å²) in [5.41, 5.74) is 11.2. The largest absolute Gasteiger partial charge is 0.328 e. The van der Waals surface area contributed by atoms with Crippen LogP contribution in [0.5, 0.6) is 0 Å². The molecule has 0 atom stereocenters. The van der Waals surface area contributed by atoms with Crippen LogP contribution in [-0.4, -0.2) is 9.55 Å². The maximum absolute atomic E-state index is 12.0. The Bertz CT molecular complexity index is 499. The van der Waals surface area contributed by atoms with E-state index in [1.165, 1.54) is 4.57 Å². The van der Waals surface area contributed by atoms with Crippen molar-refractivity contribution in [2.45, 2.75) is 32.5 Å². The summed E-state index contributed by atoms with van der Waals surface area (Å²) >= 11 is 0. The fourth-order valence-corrected chi connectivity index (χ4v) is 1.77. The zero-order valence-corrected chi connectivity index (χ0v) is 9.03. The van der Waals surface area contributed by atoms with Crippen LogP contribution in [-0.2, 0) is 19.6 Å². The minimum atomic E-state index is -0.380. The fraction of sp³-hybridized carbons (Fsp3) is 0.600. The van der Waals surface area contributed by atoms with E-state index in [0.29, 0.717) is 23.7 Å². The Hall–Kier alpha value is -1.40. The van der Waals surface area contributed by atoms with Gasteiger partial charge in [-0.1, -0.05) is 0 Å². The first-order valence-electron chi connectivity index (χ1n) is 5.42. The molecule has 0 spiro atoms. The molecule has 1 aliphatic carbocycles. The highest BCUT2D eigenvalue weighted by Crippen LogP contribution is 2.29. The zero-order chi connectivity index (χ0) is 11.7. The van der Waals surface area contributed by atoms with Crippen molar-refractivity contribution >= 4 is 0 Å². The molecule has 2 rings (SSSR count). The second-order valence-electron chi connectivity index (χ2n) is 4.15. The van der Waals surface area contributed by atoms with Crippen LogP contribution >= 0.6 is 0 Å². The molecule has 0 aliphatic heterocycles. The highest BCUT2D eigenvalue weighted by molar-refractivity contribution is 5.16. The molecule has 1 aliphatic rings. The average Bonchev–Trinajstić information content (AvgIpc) is 3.07. The topological polar surface area (TPSA) is 107 Å². The van der Waals surface area contributed by atoms with Crippen molar-refractivity contribution in [1.82, 2.24) is 9.55 Å². The number of aromatic nitrogens is 2. The van der Waals surface area contributed by atoms with Gasteiger partial charge in [-0.25, -0.2) is 4.79 Å². The fourth-order valence-electron chi connectivity index (χ4n) is 1.77. The molecule has 1 fully saturated rings. The highest BCUT2D eigenvalue weighted by atomic mass is 16.2. The van der Waals surface area contributed by atoms with E-state index in [1.54, 1.807) is 0 Å². The van der Waals surface area contributed by atoms with Crippen LogP contribution < -0.4 is 22.7 Å². The normalized spacial score (nSPS) is 15.4. The van der Waals surface area contributed by atoms with E-state index < -0.39 is 0 Å². The monoisotopic (exact) mass is 224 g/mol. The van der Waals surface area contributed by atoms with Crippen molar-refractivity contribution in [3.05, 3.63) is 32.1 Å². The summed E-state index contributed by atoms with van der Waals surface area (Å²) in [5.74, 6) is 0.466. The van der Waals surface area contributed by atoms with Crippen LogP contribution in [0.4, 0.5) is 0 Å². The molecule has 0 saturated heterocycles. The molecule has 0 radical (unpaired) electrons. The van der Waals surface area contributed by atoms with E-state index >= 15 is 0 Å². The maximum atomic E-state index is 12.0. The van der Waals surface area contributed by atoms with Gasteiger partial charge in [-0.05, 0) is 18.8 Å². The molecular weight excluding hydrogens is 208 g/mol.